The fourth-order valence-electron chi connectivity index (χ4n) is 1.42. The average Bonchev–Trinajstić information content (AvgIpc) is 2.35. The maximum Gasteiger partial charge on any atom is 0.401 e. The van der Waals surface area contributed by atoms with Gasteiger partial charge < -0.3 is 19.7 Å². The topological polar surface area (TPSA) is 50.8 Å². The molecule has 0 saturated carbocycles. The van der Waals surface area contributed by atoms with Gasteiger partial charge in [0.15, 0.2) is 0 Å². The van der Waals surface area contributed by atoms with Gasteiger partial charge in [0.1, 0.15) is 0 Å². The molecule has 0 spiro atoms. The van der Waals surface area contributed by atoms with E-state index in [9.17, 15) is 18.0 Å². The molecule has 0 unspecified atom stereocenters. The highest BCUT2D eigenvalue weighted by molar-refractivity contribution is 5.78. The summed E-state index contributed by atoms with van der Waals surface area (Å²) < 4.78 is 46.2. The zero-order valence-corrected chi connectivity index (χ0v) is 12.0. The molecule has 0 aliphatic rings. The number of hydrogen-bond acceptors (Lipinski definition) is 4. The van der Waals surface area contributed by atoms with Gasteiger partial charge in [-0.2, -0.15) is 13.2 Å². The first-order chi connectivity index (χ1) is 9.40. The van der Waals surface area contributed by atoms with Crippen molar-refractivity contribution in [1.29, 1.82) is 0 Å². The second kappa shape index (κ2) is 10.9. The third-order valence-electron chi connectivity index (χ3n) is 2.37. The van der Waals surface area contributed by atoms with E-state index in [0.717, 1.165) is 0 Å². The highest BCUT2D eigenvalue weighted by atomic mass is 19.4. The first kappa shape index (κ1) is 19.1. The summed E-state index contributed by atoms with van der Waals surface area (Å²) in [6.45, 7) is 4.58. The van der Waals surface area contributed by atoms with Crippen LogP contribution >= 0.6 is 0 Å². The van der Waals surface area contributed by atoms with E-state index in [1.165, 1.54) is 4.90 Å². The van der Waals surface area contributed by atoms with Gasteiger partial charge in [-0.25, -0.2) is 0 Å². The predicted molar refractivity (Wildman–Crippen MR) is 68.5 cm³/mol. The molecule has 0 fully saturated rings. The molecule has 0 heterocycles. The average molecular weight is 300 g/mol. The molecular formula is C12H23F3N2O3. The van der Waals surface area contributed by atoms with Gasteiger partial charge in [0.2, 0.25) is 5.91 Å². The van der Waals surface area contributed by atoms with Crippen molar-refractivity contribution in [1.82, 2.24) is 10.2 Å². The molecule has 120 valence electrons. The number of nitrogens with zero attached hydrogens (tertiary/aromatic N) is 1. The normalized spacial score (nSPS) is 11.7. The van der Waals surface area contributed by atoms with E-state index in [4.69, 9.17) is 9.47 Å². The highest BCUT2D eigenvalue weighted by Crippen LogP contribution is 2.11. The Morgan fingerprint density at radius 2 is 1.60 bits per heavy atom. The van der Waals surface area contributed by atoms with Crippen LogP contribution < -0.4 is 5.32 Å². The van der Waals surface area contributed by atoms with E-state index < -0.39 is 18.6 Å². The molecule has 0 aromatic rings. The van der Waals surface area contributed by atoms with Gasteiger partial charge in [0.05, 0.1) is 26.3 Å². The maximum absolute atomic E-state index is 12.0. The zero-order valence-electron chi connectivity index (χ0n) is 12.0. The van der Waals surface area contributed by atoms with Crippen LogP contribution in [0, 0.1) is 0 Å². The van der Waals surface area contributed by atoms with Gasteiger partial charge in [-0.1, -0.05) is 0 Å². The van der Waals surface area contributed by atoms with Crippen molar-refractivity contribution in [3.8, 4) is 0 Å². The Morgan fingerprint density at radius 3 is 2.00 bits per heavy atom. The van der Waals surface area contributed by atoms with E-state index >= 15 is 0 Å². The molecular weight excluding hydrogens is 277 g/mol. The number of halogens is 3. The lowest BCUT2D eigenvalue weighted by Crippen LogP contribution is -2.43. The summed E-state index contributed by atoms with van der Waals surface area (Å²) >= 11 is 0. The van der Waals surface area contributed by atoms with Crippen molar-refractivity contribution < 1.29 is 27.4 Å². The molecule has 1 amide bonds. The van der Waals surface area contributed by atoms with Crippen molar-refractivity contribution in [2.45, 2.75) is 20.0 Å². The predicted octanol–water partition coefficient (Wildman–Crippen LogP) is 1.04. The van der Waals surface area contributed by atoms with Crippen molar-refractivity contribution in [2.24, 2.45) is 0 Å². The van der Waals surface area contributed by atoms with E-state index in [-0.39, 0.29) is 6.54 Å². The largest absolute Gasteiger partial charge is 0.401 e. The summed E-state index contributed by atoms with van der Waals surface area (Å²) in [7, 11) is 0. The molecule has 0 aromatic carbocycles. The number of rotatable bonds is 11. The number of amides is 1. The molecule has 0 aliphatic heterocycles. The Balaban J connectivity index is 4.10. The summed E-state index contributed by atoms with van der Waals surface area (Å²) in [5.74, 6) is -0.395. The summed E-state index contributed by atoms with van der Waals surface area (Å²) in [5, 5.41) is 2.09. The number of nitrogens with one attached hydrogen (secondary N) is 1. The number of ether oxygens (including phenoxy) is 2. The van der Waals surface area contributed by atoms with Crippen LogP contribution in [0.5, 0.6) is 0 Å². The molecule has 0 aromatic heterocycles. The molecule has 0 rings (SSSR count). The standard InChI is InChI=1S/C12H23F3N2O3/c1-3-19-7-5-17(6-8-20-4-2)11(18)9-16-10-12(13,14)15/h16H,3-10H2,1-2H3. The van der Waals surface area contributed by atoms with Gasteiger partial charge in [-0.05, 0) is 13.8 Å². The van der Waals surface area contributed by atoms with Gasteiger partial charge in [-0.3, -0.25) is 4.79 Å². The minimum Gasteiger partial charge on any atom is -0.380 e. The van der Waals surface area contributed by atoms with Crippen LogP contribution in [0.3, 0.4) is 0 Å². The molecule has 0 radical (unpaired) electrons. The number of carbonyl (C=O) groups is 1. The molecule has 1 N–H and O–H groups in total. The van der Waals surface area contributed by atoms with Crippen molar-refractivity contribution >= 4 is 5.91 Å². The Hall–Kier alpha value is -0.860. The fourth-order valence-corrected chi connectivity index (χ4v) is 1.42. The maximum atomic E-state index is 12.0. The van der Waals surface area contributed by atoms with Crippen LogP contribution in [0.15, 0.2) is 0 Å². The lowest BCUT2D eigenvalue weighted by atomic mass is 10.4. The Bertz CT molecular complexity index is 253. The summed E-state index contributed by atoms with van der Waals surface area (Å²) in [6, 6.07) is 0. The van der Waals surface area contributed by atoms with Crippen LogP contribution in [0.25, 0.3) is 0 Å². The molecule has 0 bridgehead atoms. The van der Waals surface area contributed by atoms with E-state index in [1.807, 2.05) is 13.8 Å². The number of carbonyl (C=O) groups excluding carboxylic acids is 1. The first-order valence-corrected chi connectivity index (χ1v) is 6.61. The Kier molecular flexibility index (Phi) is 10.4. The summed E-state index contributed by atoms with van der Waals surface area (Å²) in [6.07, 6.45) is -4.32. The monoisotopic (exact) mass is 300 g/mol. The first-order valence-electron chi connectivity index (χ1n) is 6.61. The van der Waals surface area contributed by atoms with E-state index in [0.29, 0.717) is 39.5 Å². The third kappa shape index (κ3) is 11.0. The molecule has 5 nitrogen and oxygen atoms in total. The van der Waals surface area contributed by atoms with Gasteiger partial charge >= 0.3 is 6.18 Å². The summed E-state index contributed by atoms with van der Waals surface area (Å²) in [5.41, 5.74) is 0. The van der Waals surface area contributed by atoms with Crippen LogP contribution in [0.4, 0.5) is 13.2 Å². The molecule has 8 heteroatoms. The van der Waals surface area contributed by atoms with Crippen molar-refractivity contribution in [3.63, 3.8) is 0 Å². The smallest absolute Gasteiger partial charge is 0.380 e. The quantitative estimate of drug-likeness (QED) is 0.579. The van der Waals surface area contributed by atoms with Crippen molar-refractivity contribution in [2.75, 3.05) is 52.6 Å². The third-order valence-corrected chi connectivity index (χ3v) is 2.37. The Labute approximate surface area is 117 Å². The van der Waals surface area contributed by atoms with E-state index in [2.05, 4.69) is 5.32 Å². The molecule has 0 saturated heterocycles. The Morgan fingerprint density at radius 1 is 1.10 bits per heavy atom. The second-order valence-corrected chi connectivity index (χ2v) is 3.99. The van der Waals surface area contributed by atoms with Crippen LogP contribution in [0.2, 0.25) is 0 Å². The van der Waals surface area contributed by atoms with Crippen LogP contribution in [0.1, 0.15) is 13.8 Å². The van der Waals surface area contributed by atoms with Crippen LogP contribution in [-0.2, 0) is 14.3 Å². The zero-order chi connectivity index (χ0) is 15.4. The minimum atomic E-state index is -4.32. The second-order valence-electron chi connectivity index (χ2n) is 3.99. The molecule has 0 atom stereocenters. The van der Waals surface area contributed by atoms with Crippen LogP contribution in [-0.4, -0.2) is 69.6 Å². The van der Waals surface area contributed by atoms with Gasteiger partial charge in [0.25, 0.3) is 0 Å². The van der Waals surface area contributed by atoms with Crippen molar-refractivity contribution in [3.05, 3.63) is 0 Å². The molecule has 20 heavy (non-hydrogen) atoms. The SMILES string of the molecule is CCOCCN(CCOCC)C(=O)CNCC(F)(F)F. The lowest BCUT2D eigenvalue weighted by Gasteiger charge is -2.23. The van der Waals surface area contributed by atoms with E-state index in [1.54, 1.807) is 0 Å². The molecule has 0 aliphatic carbocycles. The minimum absolute atomic E-state index is 0.341. The number of alkyl halides is 3. The highest BCUT2D eigenvalue weighted by Gasteiger charge is 2.27. The lowest BCUT2D eigenvalue weighted by molar-refractivity contribution is -0.135. The summed E-state index contributed by atoms with van der Waals surface area (Å²) in [4.78, 5) is 13.2. The van der Waals surface area contributed by atoms with Gasteiger partial charge in [-0.15, -0.1) is 0 Å². The fraction of sp³-hybridized carbons (Fsp3) is 0.917. The van der Waals surface area contributed by atoms with Gasteiger partial charge in [0, 0.05) is 26.3 Å². The number of hydrogen-bond donors (Lipinski definition) is 1.